The molecule has 1 unspecified atom stereocenters. The normalized spacial score (nSPS) is 11.9. The van der Waals surface area contributed by atoms with Crippen LogP contribution in [-0.4, -0.2) is 13.0 Å². The van der Waals surface area contributed by atoms with Crippen molar-refractivity contribution in [2.75, 3.05) is 7.11 Å². The zero-order chi connectivity index (χ0) is 23.8. The number of hydrogen-bond acceptors (Lipinski definition) is 4. The first kappa shape index (κ1) is 23.8. The summed E-state index contributed by atoms with van der Waals surface area (Å²) in [4.78, 5) is 12.8. The lowest BCUT2D eigenvalue weighted by Crippen LogP contribution is -2.27. The molecule has 0 saturated heterocycles. The predicted molar refractivity (Wildman–Crippen MR) is 125 cm³/mol. The van der Waals surface area contributed by atoms with Gasteiger partial charge in [-0.3, -0.25) is 4.79 Å². The minimum Gasteiger partial charge on any atom is -0.493 e. The van der Waals surface area contributed by atoms with E-state index in [1.54, 1.807) is 24.3 Å². The zero-order valence-electron chi connectivity index (χ0n) is 18.1. The van der Waals surface area contributed by atoms with Gasteiger partial charge in [-0.1, -0.05) is 60.1 Å². The second kappa shape index (κ2) is 11.2. The molecule has 0 heterocycles. The summed E-state index contributed by atoms with van der Waals surface area (Å²) in [5.74, 6) is -0.399. The fourth-order valence-electron chi connectivity index (χ4n) is 3.18. The zero-order valence-corrected chi connectivity index (χ0v) is 18.9. The highest BCUT2D eigenvalue weighted by Gasteiger charge is 2.17. The van der Waals surface area contributed by atoms with E-state index >= 15 is 0 Å². The van der Waals surface area contributed by atoms with E-state index in [0.717, 1.165) is 5.56 Å². The number of nitriles is 1. The van der Waals surface area contributed by atoms with E-state index in [9.17, 15) is 14.4 Å². The van der Waals surface area contributed by atoms with E-state index in [1.807, 2.05) is 43.3 Å². The van der Waals surface area contributed by atoms with Crippen molar-refractivity contribution in [2.45, 2.75) is 19.6 Å². The summed E-state index contributed by atoms with van der Waals surface area (Å²) in [6.45, 7) is 1.67. The number of carbonyl (C=O) groups is 1. The molecule has 7 heteroatoms. The van der Waals surface area contributed by atoms with Crippen LogP contribution in [0, 0.1) is 17.1 Å². The maximum absolute atomic E-state index is 14.2. The summed E-state index contributed by atoms with van der Waals surface area (Å²) < 4.78 is 25.4. The Morgan fingerprint density at radius 2 is 1.88 bits per heavy atom. The highest BCUT2D eigenvalue weighted by Crippen LogP contribution is 2.34. The maximum atomic E-state index is 14.2. The Balaban J connectivity index is 1.88. The van der Waals surface area contributed by atoms with Gasteiger partial charge in [0, 0.05) is 11.1 Å². The van der Waals surface area contributed by atoms with Gasteiger partial charge in [0.2, 0.25) is 0 Å². The van der Waals surface area contributed by atoms with E-state index in [2.05, 4.69) is 5.32 Å². The molecule has 5 nitrogen and oxygen atoms in total. The molecule has 1 N–H and O–H groups in total. The van der Waals surface area contributed by atoms with Gasteiger partial charge in [0.1, 0.15) is 24.1 Å². The Morgan fingerprint density at radius 3 is 2.55 bits per heavy atom. The van der Waals surface area contributed by atoms with Crippen LogP contribution in [0.15, 0.2) is 72.3 Å². The van der Waals surface area contributed by atoms with Gasteiger partial charge in [0.25, 0.3) is 5.91 Å². The smallest absolute Gasteiger partial charge is 0.262 e. The number of hydrogen-bond donors (Lipinski definition) is 1. The van der Waals surface area contributed by atoms with Crippen molar-refractivity contribution in [1.29, 1.82) is 5.26 Å². The third-order valence-corrected chi connectivity index (χ3v) is 5.32. The summed E-state index contributed by atoms with van der Waals surface area (Å²) in [5.41, 5.74) is 1.42. The Kier molecular flexibility index (Phi) is 8.06. The number of nitrogens with one attached hydrogen (secondary N) is 1. The lowest BCUT2D eigenvalue weighted by molar-refractivity contribution is -0.117. The number of rotatable bonds is 8. The standard InChI is InChI=1S/C26H22ClFN2O3/c1-17(18-8-4-3-5-9-18)30-26(31)20(15-29)14-19-10-6-13-24(32-2)25(19)33-16-21-22(27)11-7-12-23(21)28/h3-14,17H,16H2,1-2H3,(H,30,31)/b20-14-. The van der Waals surface area contributed by atoms with E-state index < -0.39 is 11.7 Å². The summed E-state index contributed by atoms with van der Waals surface area (Å²) >= 11 is 6.10. The van der Waals surface area contributed by atoms with Gasteiger partial charge in [-0.2, -0.15) is 5.26 Å². The first-order valence-corrected chi connectivity index (χ1v) is 10.5. The molecule has 3 aromatic carbocycles. The van der Waals surface area contributed by atoms with E-state index in [0.29, 0.717) is 11.3 Å². The fourth-order valence-corrected chi connectivity index (χ4v) is 3.40. The fraction of sp³-hybridized carbons (Fsp3) is 0.154. The number of ether oxygens (including phenoxy) is 2. The Morgan fingerprint density at radius 1 is 1.15 bits per heavy atom. The third-order valence-electron chi connectivity index (χ3n) is 4.96. The van der Waals surface area contributed by atoms with Crippen molar-refractivity contribution in [1.82, 2.24) is 5.32 Å². The van der Waals surface area contributed by atoms with Gasteiger partial charge < -0.3 is 14.8 Å². The van der Waals surface area contributed by atoms with Crippen molar-refractivity contribution in [3.8, 4) is 17.6 Å². The van der Waals surface area contributed by atoms with Crippen LogP contribution in [0.4, 0.5) is 4.39 Å². The predicted octanol–water partition coefficient (Wildman–Crippen LogP) is 5.85. The average Bonchev–Trinajstić information content (AvgIpc) is 2.83. The molecule has 0 aliphatic heterocycles. The van der Waals surface area contributed by atoms with Crippen LogP contribution in [-0.2, 0) is 11.4 Å². The number of benzene rings is 3. The van der Waals surface area contributed by atoms with E-state index in [-0.39, 0.29) is 34.6 Å². The molecule has 1 amide bonds. The molecule has 0 spiro atoms. The van der Waals surface area contributed by atoms with Crippen LogP contribution in [0.25, 0.3) is 6.08 Å². The van der Waals surface area contributed by atoms with Crippen molar-refractivity contribution >= 4 is 23.6 Å². The van der Waals surface area contributed by atoms with Crippen LogP contribution in [0.1, 0.15) is 29.7 Å². The van der Waals surface area contributed by atoms with Crippen LogP contribution in [0.3, 0.4) is 0 Å². The molecule has 33 heavy (non-hydrogen) atoms. The Hall–Kier alpha value is -3.82. The molecule has 0 bridgehead atoms. The van der Waals surface area contributed by atoms with Crippen molar-refractivity contribution in [3.63, 3.8) is 0 Å². The van der Waals surface area contributed by atoms with E-state index in [4.69, 9.17) is 21.1 Å². The van der Waals surface area contributed by atoms with Crippen LogP contribution >= 0.6 is 11.6 Å². The molecule has 0 fully saturated rings. The van der Waals surface area contributed by atoms with Crippen LogP contribution < -0.4 is 14.8 Å². The number of para-hydroxylation sites is 1. The number of halogens is 2. The van der Waals surface area contributed by atoms with E-state index in [1.165, 1.54) is 25.3 Å². The van der Waals surface area contributed by atoms with Crippen molar-refractivity contribution in [3.05, 3.63) is 99.8 Å². The maximum Gasteiger partial charge on any atom is 0.262 e. The largest absolute Gasteiger partial charge is 0.493 e. The number of amides is 1. The van der Waals surface area contributed by atoms with Crippen LogP contribution in [0.2, 0.25) is 5.02 Å². The van der Waals surface area contributed by atoms with Crippen molar-refractivity contribution in [2.24, 2.45) is 0 Å². The third kappa shape index (κ3) is 5.91. The van der Waals surface area contributed by atoms with Gasteiger partial charge in [-0.05, 0) is 36.8 Å². The summed E-state index contributed by atoms with van der Waals surface area (Å²) in [6, 6.07) is 20.5. The lowest BCUT2D eigenvalue weighted by Gasteiger charge is -2.16. The number of methoxy groups -OCH3 is 1. The molecular formula is C26H22ClFN2O3. The second-order valence-electron chi connectivity index (χ2n) is 7.14. The van der Waals surface area contributed by atoms with Gasteiger partial charge in [0.05, 0.1) is 18.2 Å². The molecule has 168 valence electrons. The molecule has 3 rings (SSSR count). The topological polar surface area (TPSA) is 71.3 Å². The molecule has 1 atom stereocenters. The van der Waals surface area contributed by atoms with Gasteiger partial charge >= 0.3 is 0 Å². The molecule has 0 aromatic heterocycles. The summed E-state index contributed by atoms with van der Waals surface area (Å²) in [7, 11) is 1.46. The number of carbonyl (C=O) groups excluding carboxylic acids is 1. The first-order chi connectivity index (χ1) is 15.9. The van der Waals surface area contributed by atoms with Crippen LogP contribution in [0.5, 0.6) is 11.5 Å². The SMILES string of the molecule is COc1cccc(/C=C(/C#N)C(=O)NC(C)c2ccccc2)c1OCc1c(F)cccc1Cl. The number of nitrogens with zero attached hydrogens (tertiary/aromatic N) is 1. The monoisotopic (exact) mass is 464 g/mol. The Bertz CT molecular complexity index is 1190. The van der Waals surface area contributed by atoms with Gasteiger partial charge in [0.15, 0.2) is 11.5 Å². The summed E-state index contributed by atoms with van der Waals surface area (Å²) in [6.07, 6.45) is 1.41. The highest BCUT2D eigenvalue weighted by molar-refractivity contribution is 6.31. The summed E-state index contributed by atoms with van der Waals surface area (Å²) in [5, 5.41) is 12.7. The minimum absolute atomic E-state index is 0.111. The molecule has 0 aliphatic rings. The van der Waals surface area contributed by atoms with Crippen molar-refractivity contribution < 1.29 is 18.7 Å². The lowest BCUT2D eigenvalue weighted by atomic mass is 10.1. The van der Waals surface area contributed by atoms with Gasteiger partial charge in [-0.25, -0.2) is 4.39 Å². The molecule has 0 aliphatic carbocycles. The second-order valence-corrected chi connectivity index (χ2v) is 7.55. The minimum atomic E-state index is -0.528. The molecule has 3 aromatic rings. The quantitative estimate of drug-likeness (QED) is 0.335. The molecule has 0 radical (unpaired) electrons. The Labute approximate surface area is 197 Å². The molecular weight excluding hydrogens is 443 g/mol. The highest BCUT2D eigenvalue weighted by atomic mass is 35.5. The van der Waals surface area contributed by atoms with Gasteiger partial charge in [-0.15, -0.1) is 0 Å². The first-order valence-electron chi connectivity index (χ1n) is 10.1. The average molecular weight is 465 g/mol. The molecule has 0 saturated carbocycles.